The van der Waals surface area contributed by atoms with Crippen LogP contribution >= 0.6 is 0 Å². The third-order valence-corrected chi connectivity index (χ3v) is 3.06. The second-order valence-electron chi connectivity index (χ2n) is 4.74. The van der Waals surface area contributed by atoms with Crippen LogP contribution in [0.5, 0.6) is 0 Å². The molecule has 0 aliphatic rings. The molecule has 0 radical (unpaired) electrons. The van der Waals surface area contributed by atoms with Gasteiger partial charge in [-0.25, -0.2) is 4.98 Å². The van der Waals surface area contributed by atoms with Crippen molar-refractivity contribution < 1.29 is 4.42 Å². The molecule has 1 atom stereocenters. The third kappa shape index (κ3) is 2.65. The molecule has 1 unspecified atom stereocenters. The smallest absolute Gasteiger partial charge is 0.294 e. The second kappa shape index (κ2) is 5.34. The predicted octanol–water partition coefficient (Wildman–Crippen LogP) is 2.23. The van der Waals surface area contributed by atoms with Crippen LogP contribution < -0.4 is 11.1 Å². The number of nitrogens with zero attached hydrogens (tertiary/aromatic N) is 2. The Bertz CT molecular complexity index is 667. The molecular weight excluding hydrogens is 254 g/mol. The van der Waals surface area contributed by atoms with Crippen molar-refractivity contribution in [2.45, 2.75) is 19.4 Å². The first-order valence-corrected chi connectivity index (χ1v) is 6.61. The van der Waals surface area contributed by atoms with Crippen molar-refractivity contribution in [2.24, 2.45) is 5.73 Å². The van der Waals surface area contributed by atoms with Gasteiger partial charge in [-0.15, -0.1) is 0 Å². The summed E-state index contributed by atoms with van der Waals surface area (Å²) in [6, 6.07) is 8.35. The van der Waals surface area contributed by atoms with E-state index in [0.717, 1.165) is 29.0 Å². The van der Waals surface area contributed by atoms with Gasteiger partial charge in [0.2, 0.25) is 0 Å². The van der Waals surface area contributed by atoms with E-state index in [4.69, 9.17) is 10.2 Å². The number of aromatic amines is 1. The summed E-state index contributed by atoms with van der Waals surface area (Å²) in [5.41, 5.74) is 8.51. The minimum absolute atomic E-state index is 0.121. The number of fused-ring (bicyclic) bond motifs is 1. The number of rotatable bonds is 5. The van der Waals surface area contributed by atoms with E-state index in [1.807, 2.05) is 31.2 Å². The van der Waals surface area contributed by atoms with Gasteiger partial charge in [0.25, 0.3) is 6.01 Å². The van der Waals surface area contributed by atoms with Crippen molar-refractivity contribution in [3.63, 3.8) is 0 Å². The van der Waals surface area contributed by atoms with Gasteiger partial charge in [0.15, 0.2) is 0 Å². The quantitative estimate of drug-likeness (QED) is 0.661. The van der Waals surface area contributed by atoms with Crippen molar-refractivity contribution in [2.75, 3.05) is 11.9 Å². The molecule has 104 valence electrons. The Labute approximate surface area is 116 Å². The van der Waals surface area contributed by atoms with E-state index < -0.39 is 0 Å². The lowest BCUT2D eigenvalue weighted by atomic mass is 10.3. The Kier molecular flexibility index (Phi) is 3.39. The van der Waals surface area contributed by atoms with Crippen molar-refractivity contribution in [3.05, 3.63) is 42.0 Å². The normalized spacial score (nSPS) is 12.7. The van der Waals surface area contributed by atoms with E-state index in [1.165, 1.54) is 0 Å². The number of H-pyrrole nitrogens is 1. The van der Waals surface area contributed by atoms with Gasteiger partial charge < -0.3 is 20.5 Å². The maximum absolute atomic E-state index is 5.72. The number of aromatic nitrogens is 3. The number of oxazole rings is 1. The van der Waals surface area contributed by atoms with Gasteiger partial charge in [-0.2, -0.15) is 4.98 Å². The highest BCUT2D eigenvalue weighted by Gasteiger charge is 2.07. The van der Waals surface area contributed by atoms with Crippen LogP contribution in [-0.4, -0.2) is 21.5 Å². The fourth-order valence-electron chi connectivity index (χ4n) is 1.99. The Hall–Kier alpha value is -2.34. The average Bonchev–Trinajstić information content (AvgIpc) is 3.04. The van der Waals surface area contributed by atoms with E-state index in [0.29, 0.717) is 12.6 Å². The zero-order chi connectivity index (χ0) is 13.9. The summed E-state index contributed by atoms with van der Waals surface area (Å²) in [6.45, 7) is 2.56. The Morgan fingerprint density at radius 3 is 2.95 bits per heavy atom. The van der Waals surface area contributed by atoms with Crippen LogP contribution in [-0.2, 0) is 6.42 Å². The van der Waals surface area contributed by atoms with Gasteiger partial charge in [0.1, 0.15) is 12.1 Å². The van der Waals surface area contributed by atoms with Crippen molar-refractivity contribution in [1.82, 2.24) is 15.0 Å². The molecule has 3 aromatic rings. The molecular formula is C14H17N5O. The standard InChI is InChI=1S/C14H17N5O/c1-9(15)12-8-20-14(19-12)16-7-6-13-17-10-4-2-3-5-11(10)18-13/h2-5,8-9H,6-7,15H2,1H3,(H,16,19)(H,17,18). The first-order chi connectivity index (χ1) is 9.72. The predicted molar refractivity (Wildman–Crippen MR) is 77.4 cm³/mol. The highest BCUT2D eigenvalue weighted by molar-refractivity contribution is 5.74. The number of nitrogens with one attached hydrogen (secondary N) is 2. The SMILES string of the molecule is CC(N)c1coc(NCCc2nc3ccccc3[nH]2)n1. The first kappa shape index (κ1) is 12.7. The molecule has 0 bridgehead atoms. The second-order valence-corrected chi connectivity index (χ2v) is 4.74. The molecule has 0 saturated carbocycles. The highest BCUT2D eigenvalue weighted by Crippen LogP contribution is 2.13. The summed E-state index contributed by atoms with van der Waals surface area (Å²) in [4.78, 5) is 12.0. The van der Waals surface area contributed by atoms with Gasteiger partial charge in [-0.1, -0.05) is 12.1 Å². The zero-order valence-corrected chi connectivity index (χ0v) is 11.3. The van der Waals surface area contributed by atoms with Crippen LogP contribution in [0.1, 0.15) is 24.5 Å². The molecule has 2 aromatic heterocycles. The van der Waals surface area contributed by atoms with Crippen LogP contribution in [0, 0.1) is 0 Å². The van der Waals surface area contributed by atoms with E-state index in [-0.39, 0.29) is 6.04 Å². The van der Waals surface area contributed by atoms with E-state index in [9.17, 15) is 0 Å². The van der Waals surface area contributed by atoms with Crippen molar-refractivity contribution in [1.29, 1.82) is 0 Å². The fraction of sp³-hybridized carbons (Fsp3) is 0.286. The van der Waals surface area contributed by atoms with Crippen LogP contribution in [0.2, 0.25) is 0 Å². The monoisotopic (exact) mass is 271 g/mol. The number of benzene rings is 1. The molecule has 2 heterocycles. The molecule has 6 nitrogen and oxygen atoms in total. The summed E-state index contributed by atoms with van der Waals surface area (Å²) in [5, 5.41) is 3.12. The lowest BCUT2D eigenvalue weighted by Crippen LogP contribution is -2.08. The maximum Gasteiger partial charge on any atom is 0.294 e. The largest absolute Gasteiger partial charge is 0.432 e. The summed E-state index contributed by atoms with van der Waals surface area (Å²) in [7, 11) is 0. The van der Waals surface area contributed by atoms with Gasteiger partial charge in [-0.3, -0.25) is 0 Å². The molecule has 20 heavy (non-hydrogen) atoms. The van der Waals surface area contributed by atoms with E-state index in [2.05, 4.69) is 20.3 Å². The molecule has 3 rings (SSSR count). The minimum Gasteiger partial charge on any atom is -0.432 e. The third-order valence-electron chi connectivity index (χ3n) is 3.06. The molecule has 0 aliphatic heterocycles. The van der Waals surface area contributed by atoms with Crippen molar-refractivity contribution >= 4 is 17.0 Å². The average molecular weight is 271 g/mol. The number of hydrogen-bond donors (Lipinski definition) is 3. The van der Waals surface area contributed by atoms with E-state index in [1.54, 1.807) is 6.26 Å². The van der Waals surface area contributed by atoms with Crippen LogP contribution in [0.4, 0.5) is 6.01 Å². The summed E-state index contributed by atoms with van der Waals surface area (Å²) >= 11 is 0. The fourth-order valence-corrected chi connectivity index (χ4v) is 1.99. The highest BCUT2D eigenvalue weighted by atomic mass is 16.4. The lowest BCUT2D eigenvalue weighted by Gasteiger charge is -1.99. The minimum atomic E-state index is -0.121. The van der Waals surface area contributed by atoms with Gasteiger partial charge in [0, 0.05) is 19.0 Å². The Balaban J connectivity index is 1.59. The topological polar surface area (TPSA) is 92.8 Å². The molecule has 4 N–H and O–H groups in total. The van der Waals surface area contributed by atoms with Crippen molar-refractivity contribution in [3.8, 4) is 0 Å². The molecule has 0 amide bonds. The first-order valence-electron chi connectivity index (χ1n) is 6.61. The maximum atomic E-state index is 5.72. The van der Waals surface area contributed by atoms with Crippen LogP contribution in [0.15, 0.2) is 34.9 Å². The van der Waals surface area contributed by atoms with Gasteiger partial charge >= 0.3 is 0 Å². The van der Waals surface area contributed by atoms with Crippen LogP contribution in [0.25, 0.3) is 11.0 Å². The molecule has 0 fully saturated rings. The molecule has 1 aromatic carbocycles. The summed E-state index contributed by atoms with van der Waals surface area (Å²) in [6.07, 6.45) is 2.35. The molecule has 0 saturated heterocycles. The zero-order valence-electron chi connectivity index (χ0n) is 11.3. The number of hydrogen-bond acceptors (Lipinski definition) is 5. The van der Waals surface area contributed by atoms with Crippen LogP contribution in [0.3, 0.4) is 0 Å². The van der Waals surface area contributed by atoms with Gasteiger partial charge in [0.05, 0.1) is 16.7 Å². The molecule has 0 aliphatic carbocycles. The summed E-state index contributed by atoms with van der Waals surface area (Å²) < 4.78 is 5.29. The Morgan fingerprint density at radius 1 is 1.35 bits per heavy atom. The number of imidazole rings is 1. The molecule has 6 heteroatoms. The van der Waals surface area contributed by atoms with E-state index >= 15 is 0 Å². The summed E-state index contributed by atoms with van der Waals surface area (Å²) in [5.74, 6) is 0.942. The number of para-hydroxylation sites is 2. The van der Waals surface area contributed by atoms with Gasteiger partial charge in [-0.05, 0) is 19.1 Å². The lowest BCUT2D eigenvalue weighted by molar-refractivity contribution is 0.567. The number of nitrogens with two attached hydrogens (primary N) is 1. The molecule has 0 spiro atoms. The Morgan fingerprint density at radius 2 is 2.20 bits per heavy atom. The number of anilines is 1.